The van der Waals surface area contributed by atoms with Crippen LogP contribution in [0, 0.1) is 0 Å². The first-order valence-corrected chi connectivity index (χ1v) is 7.91. The second kappa shape index (κ2) is 9.00. The Kier molecular flexibility index (Phi) is 6.73. The van der Waals surface area contributed by atoms with Gasteiger partial charge < -0.3 is 16.0 Å². The zero-order chi connectivity index (χ0) is 18.2. The number of carbonyl (C=O) groups excluding carboxylic acids is 3. The minimum atomic E-state index is -0.517. The Balaban J connectivity index is 1.75. The Morgan fingerprint density at radius 1 is 1.00 bits per heavy atom. The average Bonchev–Trinajstić information content (AvgIpc) is 2.58. The predicted molar refractivity (Wildman–Crippen MR) is 94.7 cm³/mol. The molecule has 0 unspecified atom stereocenters. The molecule has 0 spiro atoms. The standard InChI is InChI=1S/C16H14Cl2N4O3/c17-10-3-4-12(13(18)6-10)16(25)21-8-14(23)20-9-15(24)22-11-2-1-5-19-7-11/h1-7H,8-9H2,(H,20,23)(H,21,25)(H,22,24). The first-order valence-electron chi connectivity index (χ1n) is 7.15. The highest BCUT2D eigenvalue weighted by atomic mass is 35.5. The molecule has 7 nitrogen and oxygen atoms in total. The van der Waals surface area contributed by atoms with E-state index < -0.39 is 17.7 Å². The summed E-state index contributed by atoms with van der Waals surface area (Å²) in [5.41, 5.74) is 0.723. The van der Waals surface area contributed by atoms with E-state index >= 15 is 0 Å². The number of aromatic nitrogens is 1. The minimum Gasteiger partial charge on any atom is -0.345 e. The van der Waals surface area contributed by atoms with Gasteiger partial charge in [-0.2, -0.15) is 0 Å². The molecule has 25 heavy (non-hydrogen) atoms. The lowest BCUT2D eigenvalue weighted by Crippen LogP contribution is -2.40. The summed E-state index contributed by atoms with van der Waals surface area (Å²) in [6.07, 6.45) is 3.06. The van der Waals surface area contributed by atoms with E-state index in [-0.39, 0.29) is 23.7 Å². The highest BCUT2D eigenvalue weighted by molar-refractivity contribution is 6.36. The van der Waals surface area contributed by atoms with E-state index in [4.69, 9.17) is 23.2 Å². The zero-order valence-corrected chi connectivity index (χ0v) is 14.4. The van der Waals surface area contributed by atoms with Crippen LogP contribution in [0.5, 0.6) is 0 Å². The maximum absolute atomic E-state index is 12.0. The van der Waals surface area contributed by atoms with Crippen molar-refractivity contribution in [3.63, 3.8) is 0 Å². The average molecular weight is 381 g/mol. The van der Waals surface area contributed by atoms with Gasteiger partial charge in [0.05, 0.1) is 35.6 Å². The predicted octanol–water partition coefficient (Wildman–Crippen LogP) is 1.87. The quantitative estimate of drug-likeness (QED) is 0.711. The third-order valence-electron chi connectivity index (χ3n) is 2.98. The van der Waals surface area contributed by atoms with Gasteiger partial charge in [0, 0.05) is 11.2 Å². The van der Waals surface area contributed by atoms with E-state index in [9.17, 15) is 14.4 Å². The summed E-state index contributed by atoms with van der Waals surface area (Å²) in [4.78, 5) is 39.2. The fraction of sp³-hybridized carbons (Fsp3) is 0.125. The number of hydrogen-bond acceptors (Lipinski definition) is 4. The Hall–Kier alpha value is -2.64. The van der Waals surface area contributed by atoms with Gasteiger partial charge in [0.1, 0.15) is 0 Å². The Morgan fingerprint density at radius 3 is 2.44 bits per heavy atom. The van der Waals surface area contributed by atoms with Crippen molar-refractivity contribution in [2.75, 3.05) is 18.4 Å². The van der Waals surface area contributed by atoms with Crippen LogP contribution in [-0.2, 0) is 9.59 Å². The molecule has 0 fully saturated rings. The van der Waals surface area contributed by atoms with Gasteiger partial charge >= 0.3 is 0 Å². The third kappa shape index (κ3) is 6.06. The van der Waals surface area contributed by atoms with Gasteiger partial charge in [-0.05, 0) is 30.3 Å². The van der Waals surface area contributed by atoms with E-state index in [1.54, 1.807) is 18.3 Å². The van der Waals surface area contributed by atoms with Gasteiger partial charge in [-0.25, -0.2) is 0 Å². The van der Waals surface area contributed by atoms with Crippen molar-refractivity contribution < 1.29 is 14.4 Å². The molecule has 1 aromatic heterocycles. The SMILES string of the molecule is O=C(CNC(=O)c1ccc(Cl)cc1Cl)NCC(=O)Nc1cccnc1. The van der Waals surface area contributed by atoms with E-state index in [0.717, 1.165) is 0 Å². The zero-order valence-electron chi connectivity index (χ0n) is 12.9. The lowest BCUT2D eigenvalue weighted by Gasteiger charge is -2.08. The highest BCUT2D eigenvalue weighted by Gasteiger charge is 2.12. The number of amides is 3. The molecule has 9 heteroatoms. The topological polar surface area (TPSA) is 100 Å². The maximum atomic E-state index is 12.0. The van der Waals surface area contributed by atoms with Crippen LogP contribution >= 0.6 is 23.2 Å². The largest absolute Gasteiger partial charge is 0.345 e. The number of carbonyl (C=O) groups is 3. The van der Waals surface area contributed by atoms with E-state index in [1.807, 2.05) is 0 Å². The lowest BCUT2D eigenvalue weighted by molar-refractivity contribution is -0.123. The van der Waals surface area contributed by atoms with Crippen molar-refractivity contribution in [3.8, 4) is 0 Å². The van der Waals surface area contributed by atoms with E-state index in [2.05, 4.69) is 20.9 Å². The van der Waals surface area contributed by atoms with Crippen molar-refractivity contribution in [2.45, 2.75) is 0 Å². The summed E-state index contributed by atoms with van der Waals surface area (Å²) in [6.45, 7) is -0.525. The molecular weight excluding hydrogens is 367 g/mol. The molecule has 0 saturated carbocycles. The molecule has 0 saturated heterocycles. The van der Waals surface area contributed by atoms with Gasteiger partial charge in [0.15, 0.2) is 0 Å². The molecule has 0 aliphatic carbocycles. The molecule has 1 heterocycles. The molecule has 3 N–H and O–H groups in total. The second-order valence-electron chi connectivity index (χ2n) is 4.87. The summed E-state index contributed by atoms with van der Waals surface area (Å²) in [5.74, 6) is -1.44. The Morgan fingerprint density at radius 2 is 1.76 bits per heavy atom. The van der Waals surface area contributed by atoms with Crippen molar-refractivity contribution in [3.05, 3.63) is 58.3 Å². The molecule has 0 atom stereocenters. The normalized spacial score (nSPS) is 10.0. The Bertz CT molecular complexity index is 784. The third-order valence-corrected chi connectivity index (χ3v) is 3.52. The van der Waals surface area contributed by atoms with Crippen LogP contribution in [0.2, 0.25) is 10.0 Å². The first kappa shape index (κ1) is 18.7. The number of rotatable bonds is 6. The number of nitrogens with zero attached hydrogens (tertiary/aromatic N) is 1. The fourth-order valence-corrected chi connectivity index (χ4v) is 2.31. The summed E-state index contributed by atoms with van der Waals surface area (Å²) >= 11 is 11.7. The van der Waals surface area contributed by atoms with Crippen LogP contribution in [0.3, 0.4) is 0 Å². The van der Waals surface area contributed by atoms with Crippen LogP contribution < -0.4 is 16.0 Å². The molecule has 0 radical (unpaired) electrons. The molecule has 130 valence electrons. The van der Waals surface area contributed by atoms with Gasteiger partial charge in [-0.15, -0.1) is 0 Å². The van der Waals surface area contributed by atoms with E-state index in [0.29, 0.717) is 10.7 Å². The first-order chi connectivity index (χ1) is 12.0. The minimum absolute atomic E-state index is 0.182. The molecule has 0 bridgehead atoms. The number of hydrogen-bond donors (Lipinski definition) is 3. The van der Waals surface area contributed by atoms with Gasteiger partial charge in [-0.1, -0.05) is 23.2 Å². The lowest BCUT2D eigenvalue weighted by atomic mass is 10.2. The van der Waals surface area contributed by atoms with Crippen molar-refractivity contribution in [2.24, 2.45) is 0 Å². The van der Waals surface area contributed by atoms with Crippen LogP contribution in [-0.4, -0.2) is 35.8 Å². The maximum Gasteiger partial charge on any atom is 0.253 e. The number of pyridine rings is 1. The molecular formula is C16H14Cl2N4O3. The highest BCUT2D eigenvalue weighted by Crippen LogP contribution is 2.20. The molecule has 2 aromatic rings. The van der Waals surface area contributed by atoms with Gasteiger partial charge in [0.25, 0.3) is 5.91 Å². The summed E-state index contributed by atoms with van der Waals surface area (Å²) in [6, 6.07) is 7.75. The van der Waals surface area contributed by atoms with Crippen LogP contribution in [0.15, 0.2) is 42.7 Å². The number of halogens is 2. The molecule has 2 rings (SSSR count). The van der Waals surface area contributed by atoms with E-state index in [1.165, 1.54) is 24.4 Å². The van der Waals surface area contributed by atoms with Gasteiger partial charge in [-0.3, -0.25) is 19.4 Å². The number of nitrogens with one attached hydrogen (secondary N) is 3. The van der Waals surface area contributed by atoms with Crippen molar-refractivity contribution in [1.82, 2.24) is 15.6 Å². The Labute approximate surface area is 153 Å². The summed E-state index contributed by atoms with van der Waals surface area (Å²) < 4.78 is 0. The van der Waals surface area contributed by atoms with Gasteiger partial charge in [0.2, 0.25) is 11.8 Å². The number of benzene rings is 1. The van der Waals surface area contributed by atoms with Crippen molar-refractivity contribution in [1.29, 1.82) is 0 Å². The summed E-state index contributed by atoms with van der Waals surface area (Å²) in [7, 11) is 0. The molecule has 1 aromatic carbocycles. The smallest absolute Gasteiger partial charge is 0.253 e. The molecule has 0 aliphatic heterocycles. The molecule has 3 amide bonds. The van der Waals surface area contributed by atoms with Crippen molar-refractivity contribution >= 4 is 46.6 Å². The second-order valence-corrected chi connectivity index (χ2v) is 5.72. The molecule has 0 aliphatic rings. The summed E-state index contributed by atoms with van der Waals surface area (Å²) in [5, 5.41) is 7.96. The number of anilines is 1. The van der Waals surface area contributed by atoms with Crippen LogP contribution in [0.1, 0.15) is 10.4 Å². The fourth-order valence-electron chi connectivity index (χ4n) is 1.81. The monoisotopic (exact) mass is 380 g/mol. The van der Waals surface area contributed by atoms with Crippen LogP contribution in [0.25, 0.3) is 0 Å². The van der Waals surface area contributed by atoms with Crippen LogP contribution in [0.4, 0.5) is 5.69 Å².